The highest BCUT2D eigenvalue weighted by Gasteiger charge is 2.09. The van der Waals surface area contributed by atoms with Gasteiger partial charge in [0.15, 0.2) is 11.6 Å². The first kappa shape index (κ1) is 12.0. The molecule has 92 valence electrons. The fourth-order valence-corrected chi connectivity index (χ4v) is 1.36. The van der Waals surface area contributed by atoms with Crippen molar-refractivity contribution in [2.24, 2.45) is 5.73 Å². The van der Waals surface area contributed by atoms with Crippen LogP contribution in [0.25, 0.3) is 0 Å². The van der Waals surface area contributed by atoms with Crippen molar-refractivity contribution in [2.45, 2.75) is 0 Å². The molecule has 0 aromatic heterocycles. The highest BCUT2D eigenvalue weighted by atomic mass is 19.1. The molecule has 18 heavy (non-hydrogen) atoms. The third-order valence-corrected chi connectivity index (χ3v) is 2.26. The molecule has 0 heterocycles. The summed E-state index contributed by atoms with van der Waals surface area (Å²) in [5.41, 5.74) is 5.21. The number of hydrogen-bond acceptors (Lipinski definition) is 2. The van der Waals surface area contributed by atoms with Crippen molar-refractivity contribution in [3.8, 4) is 11.5 Å². The SMILES string of the molecule is NC(=O)c1ccc(F)c(Oc2ccc(F)cc2)c1. The van der Waals surface area contributed by atoms with E-state index in [0.29, 0.717) is 0 Å². The third-order valence-electron chi connectivity index (χ3n) is 2.26. The zero-order valence-electron chi connectivity index (χ0n) is 9.19. The molecule has 5 heteroatoms. The first-order valence-corrected chi connectivity index (χ1v) is 5.09. The Morgan fingerprint density at radius 1 is 1.06 bits per heavy atom. The third kappa shape index (κ3) is 2.63. The van der Waals surface area contributed by atoms with Gasteiger partial charge in [0.2, 0.25) is 5.91 Å². The predicted molar refractivity (Wildman–Crippen MR) is 61.4 cm³/mol. The molecule has 2 aromatic carbocycles. The Morgan fingerprint density at radius 3 is 2.33 bits per heavy atom. The Balaban J connectivity index is 2.30. The first-order chi connectivity index (χ1) is 8.56. The maximum absolute atomic E-state index is 13.4. The number of nitrogens with two attached hydrogens (primary N) is 1. The lowest BCUT2D eigenvalue weighted by Crippen LogP contribution is -2.11. The van der Waals surface area contributed by atoms with E-state index in [0.717, 1.165) is 6.07 Å². The molecule has 0 spiro atoms. The van der Waals surface area contributed by atoms with Crippen molar-refractivity contribution in [3.05, 3.63) is 59.7 Å². The molecule has 0 saturated heterocycles. The molecule has 2 aromatic rings. The van der Waals surface area contributed by atoms with Gasteiger partial charge >= 0.3 is 0 Å². The second-order valence-corrected chi connectivity index (χ2v) is 3.57. The molecule has 0 fully saturated rings. The summed E-state index contributed by atoms with van der Waals surface area (Å²) in [5.74, 6) is -1.62. The highest BCUT2D eigenvalue weighted by molar-refractivity contribution is 5.93. The molecular formula is C13H9F2NO2. The second kappa shape index (κ2) is 4.83. The largest absolute Gasteiger partial charge is 0.454 e. The first-order valence-electron chi connectivity index (χ1n) is 5.09. The van der Waals surface area contributed by atoms with Gasteiger partial charge in [0.05, 0.1) is 0 Å². The smallest absolute Gasteiger partial charge is 0.248 e. The van der Waals surface area contributed by atoms with Crippen LogP contribution in [0.2, 0.25) is 0 Å². The molecule has 0 radical (unpaired) electrons. The second-order valence-electron chi connectivity index (χ2n) is 3.57. The Kier molecular flexibility index (Phi) is 3.23. The van der Waals surface area contributed by atoms with Crippen LogP contribution in [0.1, 0.15) is 10.4 Å². The van der Waals surface area contributed by atoms with Crippen molar-refractivity contribution < 1.29 is 18.3 Å². The van der Waals surface area contributed by atoms with E-state index in [2.05, 4.69) is 0 Å². The van der Waals surface area contributed by atoms with Gasteiger partial charge in [-0.3, -0.25) is 4.79 Å². The fraction of sp³-hybridized carbons (Fsp3) is 0. The molecule has 0 bridgehead atoms. The van der Waals surface area contributed by atoms with Crippen molar-refractivity contribution in [1.29, 1.82) is 0 Å². The van der Waals surface area contributed by atoms with Gasteiger partial charge in [-0.2, -0.15) is 0 Å². The average molecular weight is 249 g/mol. The molecule has 1 amide bonds. The number of halogens is 2. The quantitative estimate of drug-likeness (QED) is 0.909. The van der Waals surface area contributed by atoms with Gasteiger partial charge in [-0.05, 0) is 42.5 Å². The lowest BCUT2D eigenvalue weighted by molar-refractivity contribution is 0.1000. The summed E-state index contributed by atoms with van der Waals surface area (Å²) in [5, 5.41) is 0. The van der Waals surface area contributed by atoms with Gasteiger partial charge in [-0.15, -0.1) is 0 Å². The number of carbonyl (C=O) groups excluding carboxylic acids is 1. The Bertz CT molecular complexity index is 582. The molecule has 0 aliphatic rings. The van der Waals surface area contributed by atoms with E-state index in [1.807, 2.05) is 0 Å². The van der Waals surface area contributed by atoms with Gasteiger partial charge < -0.3 is 10.5 Å². The number of carbonyl (C=O) groups is 1. The summed E-state index contributed by atoms with van der Waals surface area (Å²) in [6.07, 6.45) is 0. The number of primary amides is 1. The molecule has 2 rings (SSSR count). The number of amides is 1. The summed E-state index contributed by atoms with van der Waals surface area (Å²) < 4.78 is 31.3. The molecule has 2 N–H and O–H groups in total. The van der Waals surface area contributed by atoms with E-state index in [1.54, 1.807) is 0 Å². The van der Waals surface area contributed by atoms with Gasteiger partial charge in [-0.1, -0.05) is 0 Å². The van der Waals surface area contributed by atoms with E-state index in [4.69, 9.17) is 10.5 Å². The topological polar surface area (TPSA) is 52.3 Å². The summed E-state index contributed by atoms with van der Waals surface area (Å²) in [7, 11) is 0. The molecule has 3 nitrogen and oxygen atoms in total. The van der Waals surface area contributed by atoms with Crippen LogP contribution in [0.5, 0.6) is 11.5 Å². The standard InChI is InChI=1S/C13H9F2NO2/c14-9-2-4-10(5-3-9)18-12-7-8(13(16)17)1-6-11(12)15/h1-7H,(H2,16,17). The lowest BCUT2D eigenvalue weighted by Gasteiger charge is -2.07. The van der Waals surface area contributed by atoms with Crippen LogP contribution < -0.4 is 10.5 Å². The fourth-order valence-electron chi connectivity index (χ4n) is 1.36. The van der Waals surface area contributed by atoms with E-state index < -0.39 is 17.5 Å². The summed E-state index contributed by atoms with van der Waals surface area (Å²) in [6, 6.07) is 8.61. The Morgan fingerprint density at radius 2 is 1.72 bits per heavy atom. The minimum atomic E-state index is -0.682. The normalized spacial score (nSPS) is 10.1. The molecule has 0 unspecified atom stereocenters. The molecule has 0 atom stereocenters. The minimum Gasteiger partial charge on any atom is -0.454 e. The van der Waals surface area contributed by atoms with Gasteiger partial charge in [0.1, 0.15) is 11.6 Å². The van der Waals surface area contributed by atoms with Crippen LogP contribution in [0, 0.1) is 11.6 Å². The van der Waals surface area contributed by atoms with Crippen molar-refractivity contribution in [1.82, 2.24) is 0 Å². The van der Waals surface area contributed by atoms with Crippen molar-refractivity contribution in [2.75, 3.05) is 0 Å². The number of benzene rings is 2. The van der Waals surface area contributed by atoms with Crippen LogP contribution in [-0.4, -0.2) is 5.91 Å². The van der Waals surface area contributed by atoms with Crippen LogP contribution in [0.3, 0.4) is 0 Å². The highest BCUT2D eigenvalue weighted by Crippen LogP contribution is 2.25. The number of hydrogen-bond donors (Lipinski definition) is 1. The zero-order valence-corrected chi connectivity index (χ0v) is 9.19. The Labute approximate surface area is 102 Å². The Hall–Kier alpha value is -2.43. The monoisotopic (exact) mass is 249 g/mol. The molecule has 0 aliphatic carbocycles. The number of ether oxygens (including phenoxy) is 1. The van der Waals surface area contributed by atoms with Crippen LogP contribution in [0.4, 0.5) is 8.78 Å². The maximum Gasteiger partial charge on any atom is 0.248 e. The van der Waals surface area contributed by atoms with Gasteiger partial charge in [-0.25, -0.2) is 8.78 Å². The van der Waals surface area contributed by atoms with Crippen LogP contribution in [0.15, 0.2) is 42.5 Å². The van der Waals surface area contributed by atoms with E-state index >= 15 is 0 Å². The molecule has 0 aliphatic heterocycles. The van der Waals surface area contributed by atoms with Gasteiger partial charge in [0.25, 0.3) is 0 Å². The summed E-state index contributed by atoms with van der Waals surface area (Å²) in [6.45, 7) is 0. The van der Waals surface area contributed by atoms with Crippen LogP contribution >= 0.6 is 0 Å². The van der Waals surface area contributed by atoms with Crippen LogP contribution in [-0.2, 0) is 0 Å². The maximum atomic E-state index is 13.4. The summed E-state index contributed by atoms with van der Waals surface area (Å²) >= 11 is 0. The predicted octanol–water partition coefficient (Wildman–Crippen LogP) is 2.86. The van der Waals surface area contributed by atoms with E-state index in [1.165, 1.54) is 36.4 Å². The molecular weight excluding hydrogens is 240 g/mol. The van der Waals surface area contributed by atoms with Crippen molar-refractivity contribution in [3.63, 3.8) is 0 Å². The molecule has 0 saturated carbocycles. The minimum absolute atomic E-state index is 0.133. The zero-order chi connectivity index (χ0) is 13.1. The van der Waals surface area contributed by atoms with E-state index in [9.17, 15) is 13.6 Å². The lowest BCUT2D eigenvalue weighted by atomic mass is 10.2. The average Bonchev–Trinajstić information content (AvgIpc) is 2.34. The summed E-state index contributed by atoms with van der Waals surface area (Å²) in [4.78, 5) is 11.0. The van der Waals surface area contributed by atoms with E-state index in [-0.39, 0.29) is 17.1 Å². The van der Waals surface area contributed by atoms with Crippen molar-refractivity contribution >= 4 is 5.91 Å². The van der Waals surface area contributed by atoms with Gasteiger partial charge in [0, 0.05) is 5.56 Å². The number of rotatable bonds is 3.